The first-order valence-electron chi connectivity index (χ1n) is 21.4. The van der Waals surface area contributed by atoms with Gasteiger partial charge in [0.25, 0.3) is 0 Å². The van der Waals surface area contributed by atoms with Gasteiger partial charge in [-0.1, -0.05) is 149 Å². The monoisotopic (exact) mass is 788 g/mol. The third-order valence-corrected chi connectivity index (χ3v) is 14.3. The fourth-order valence-electron chi connectivity index (χ4n) is 11.2. The molecule has 0 N–H and O–H groups in total. The summed E-state index contributed by atoms with van der Waals surface area (Å²) in [5.74, 6) is 0. The summed E-state index contributed by atoms with van der Waals surface area (Å²) in [6.45, 7) is 9.33. The lowest BCUT2D eigenvalue weighted by Gasteiger charge is -2.23. The molecule has 0 aromatic heterocycles. The molecule has 12 rings (SSSR count). The Balaban J connectivity index is 1.19. The first-order valence-corrected chi connectivity index (χ1v) is 21.4. The van der Waals surface area contributed by atoms with Crippen molar-refractivity contribution in [3.05, 3.63) is 203 Å². The summed E-state index contributed by atoms with van der Waals surface area (Å²) in [4.78, 5) is 0. The van der Waals surface area contributed by atoms with Gasteiger partial charge in [0.15, 0.2) is 0 Å². The van der Waals surface area contributed by atoms with Gasteiger partial charge >= 0.3 is 0 Å². The Morgan fingerprint density at radius 1 is 0.306 bits per heavy atom. The first kappa shape index (κ1) is 36.1. The Bertz CT molecular complexity index is 3380. The van der Waals surface area contributed by atoms with E-state index in [2.05, 4.69) is 185 Å². The van der Waals surface area contributed by atoms with Crippen molar-refractivity contribution in [2.24, 2.45) is 0 Å². The lowest BCUT2D eigenvalue weighted by atomic mass is 9.80. The molecule has 0 radical (unpaired) electrons. The molecular formula is C60H40N2. The number of nitrogens with zero attached hydrogens (tertiary/aromatic N) is 2. The predicted octanol–water partition coefficient (Wildman–Crippen LogP) is 15.6. The zero-order valence-corrected chi connectivity index (χ0v) is 35.1. The molecule has 10 aromatic carbocycles. The van der Waals surface area contributed by atoms with Gasteiger partial charge in [-0.3, -0.25) is 0 Å². The maximum Gasteiger partial charge on any atom is 0.0991 e. The van der Waals surface area contributed by atoms with Gasteiger partial charge in [0, 0.05) is 10.8 Å². The highest BCUT2D eigenvalue weighted by Crippen LogP contribution is 2.54. The third kappa shape index (κ3) is 4.96. The number of hydrogen-bond acceptors (Lipinski definition) is 2. The van der Waals surface area contributed by atoms with E-state index in [1.54, 1.807) is 0 Å². The summed E-state index contributed by atoms with van der Waals surface area (Å²) in [7, 11) is 0. The summed E-state index contributed by atoms with van der Waals surface area (Å²) in [6, 6.07) is 66.6. The van der Waals surface area contributed by atoms with E-state index in [1.165, 1.54) is 99.1 Å². The molecule has 0 amide bonds. The van der Waals surface area contributed by atoms with E-state index in [4.69, 9.17) is 0 Å². The molecule has 0 unspecified atom stereocenters. The van der Waals surface area contributed by atoms with Crippen molar-refractivity contribution in [3.8, 4) is 78.9 Å². The largest absolute Gasteiger partial charge is 0.192 e. The van der Waals surface area contributed by atoms with Crippen LogP contribution in [0.25, 0.3) is 99.1 Å². The molecule has 2 aliphatic rings. The number of hydrogen-bond donors (Lipinski definition) is 0. The van der Waals surface area contributed by atoms with Gasteiger partial charge in [-0.15, -0.1) is 0 Å². The molecular weight excluding hydrogens is 749 g/mol. The maximum absolute atomic E-state index is 9.76. The molecule has 0 spiro atoms. The summed E-state index contributed by atoms with van der Waals surface area (Å²) >= 11 is 0. The van der Waals surface area contributed by atoms with E-state index in [1.807, 2.05) is 24.3 Å². The van der Waals surface area contributed by atoms with Crippen LogP contribution in [0.1, 0.15) is 61.1 Å². The summed E-state index contributed by atoms with van der Waals surface area (Å²) in [5, 5.41) is 26.7. The third-order valence-electron chi connectivity index (χ3n) is 14.3. The molecule has 0 aliphatic heterocycles. The van der Waals surface area contributed by atoms with Crippen molar-refractivity contribution in [3.63, 3.8) is 0 Å². The second-order valence-electron chi connectivity index (χ2n) is 18.3. The Kier molecular flexibility index (Phi) is 7.49. The number of benzene rings is 10. The van der Waals surface area contributed by atoms with Crippen molar-refractivity contribution in [2.45, 2.75) is 38.5 Å². The molecule has 2 nitrogen and oxygen atoms in total. The lowest BCUT2D eigenvalue weighted by Crippen LogP contribution is -2.14. The normalized spacial score (nSPS) is 14.0. The minimum Gasteiger partial charge on any atom is -0.192 e. The molecule has 62 heavy (non-hydrogen) atoms. The second kappa shape index (κ2) is 12.9. The van der Waals surface area contributed by atoms with E-state index in [0.29, 0.717) is 11.1 Å². The standard InChI is InChI=1S/C60H40N2/c1-59(2)53-11-7-5-9-41(53)51-29-39(21-27-55(51)59)49-31-47(37-17-13-35(33-61)14-18-37)43-24-26-46-50(40-22-28-56-52(30-40)42-10-6-8-12-54(42)60(56,3)4)32-48(38-19-15-36(34-62)16-20-38)44-23-25-45(49)57(43)58(44)46/h5-32H,1-4H3. The highest BCUT2D eigenvalue weighted by atomic mass is 14.4. The first-order chi connectivity index (χ1) is 30.1. The Morgan fingerprint density at radius 3 is 1.00 bits per heavy atom. The van der Waals surface area contributed by atoms with Crippen LogP contribution in [0, 0.1) is 22.7 Å². The molecule has 2 heteroatoms. The maximum atomic E-state index is 9.76. The smallest absolute Gasteiger partial charge is 0.0991 e. The lowest BCUT2D eigenvalue weighted by molar-refractivity contribution is 0.660. The van der Waals surface area contributed by atoms with Crippen LogP contribution in [0.3, 0.4) is 0 Å². The van der Waals surface area contributed by atoms with Gasteiger partial charge in [0.05, 0.1) is 23.3 Å². The molecule has 0 fully saturated rings. The van der Waals surface area contributed by atoms with Crippen LogP contribution in [0.4, 0.5) is 0 Å². The van der Waals surface area contributed by atoms with Crippen LogP contribution in [0.15, 0.2) is 170 Å². The van der Waals surface area contributed by atoms with Crippen molar-refractivity contribution >= 4 is 32.3 Å². The molecule has 0 atom stereocenters. The number of nitriles is 2. The highest BCUT2D eigenvalue weighted by molar-refractivity contribution is 6.32. The molecule has 0 saturated heterocycles. The van der Waals surface area contributed by atoms with E-state index in [0.717, 1.165) is 22.3 Å². The average Bonchev–Trinajstić information content (AvgIpc) is 3.69. The van der Waals surface area contributed by atoms with E-state index >= 15 is 0 Å². The van der Waals surface area contributed by atoms with Crippen LogP contribution in [-0.2, 0) is 10.8 Å². The average molecular weight is 789 g/mol. The van der Waals surface area contributed by atoms with Gasteiger partial charge in [0.2, 0.25) is 0 Å². The fourth-order valence-corrected chi connectivity index (χ4v) is 11.2. The van der Waals surface area contributed by atoms with E-state index < -0.39 is 0 Å². The van der Waals surface area contributed by atoms with Crippen molar-refractivity contribution in [1.29, 1.82) is 10.5 Å². The Hall–Kier alpha value is -7.78. The Morgan fingerprint density at radius 2 is 0.629 bits per heavy atom. The number of fused-ring (bicyclic) bond motifs is 6. The summed E-state index contributed by atoms with van der Waals surface area (Å²) in [5.41, 5.74) is 20.8. The van der Waals surface area contributed by atoms with Crippen LogP contribution < -0.4 is 0 Å². The molecule has 10 aromatic rings. The van der Waals surface area contributed by atoms with Crippen molar-refractivity contribution in [2.75, 3.05) is 0 Å². The van der Waals surface area contributed by atoms with Crippen molar-refractivity contribution < 1.29 is 0 Å². The van der Waals surface area contributed by atoms with E-state index in [-0.39, 0.29) is 10.8 Å². The van der Waals surface area contributed by atoms with Crippen LogP contribution in [0.5, 0.6) is 0 Å². The summed E-state index contributed by atoms with van der Waals surface area (Å²) in [6.07, 6.45) is 0. The van der Waals surface area contributed by atoms with Crippen LogP contribution >= 0.6 is 0 Å². The molecule has 2 aliphatic carbocycles. The van der Waals surface area contributed by atoms with Crippen molar-refractivity contribution in [1.82, 2.24) is 0 Å². The van der Waals surface area contributed by atoms with E-state index in [9.17, 15) is 10.5 Å². The molecule has 0 heterocycles. The zero-order valence-electron chi connectivity index (χ0n) is 35.1. The topological polar surface area (TPSA) is 47.6 Å². The van der Waals surface area contributed by atoms with Gasteiger partial charge in [-0.2, -0.15) is 10.5 Å². The van der Waals surface area contributed by atoms with Gasteiger partial charge in [0.1, 0.15) is 0 Å². The SMILES string of the molecule is CC1(C)c2ccccc2-c2cc(-c3cc(-c4ccc(C#N)cc4)c4ccc5c(-c6ccc7c(c6)-c6ccccc6C7(C)C)cc(-c6ccc(C#N)cc6)c6ccc3c4c65)ccc21. The molecule has 0 saturated carbocycles. The quantitative estimate of drug-likeness (QED) is 0.167. The summed E-state index contributed by atoms with van der Waals surface area (Å²) < 4.78 is 0. The minimum atomic E-state index is -0.0889. The predicted molar refractivity (Wildman–Crippen MR) is 256 cm³/mol. The van der Waals surface area contributed by atoms with Gasteiger partial charge < -0.3 is 0 Å². The van der Waals surface area contributed by atoms with Gasteiger partial charge in [-0.25, -0.2) is 0 Å². The molecule has 0 bridgehead atoms. The number of rotatable bonds is 4. The second-order valence-corrected chi connectivity index (χ2v) is 18.3. The van der Waals surface area contributed by atoms with Gasteiger partial charge in [-0.05, 0) is 170 Å². The Labute approximate surface area is 361 Å². The zero-order chi connectivity index (χ0) is 42.1. The highest BCUT2D eigenvalue weighted by Gasteiger charge is 2.37. The molecule has 290 valence electrons. The van der Waals surface area contributed by atoms with Crippen LogP contribution in [-0.4, -0.2) is 0 Å². The van der Waals surface area contributed by atoms with Crippen LogP contribution in [0.2, 0.25) is 0 Å². The fraction of sp³-hybridized carbons (Fsp3) is 0.100. The minimum absolute atomic E-state index is 0.0889.